The van der Waals surface area contributed by atoms with E-state index < -0.39 is 0 Å². The van der Waals surface area contributed by atoms with Crippen LogP contribution in [-0.4, -0.2) is 9.78 Å². The van der Waals surface area contributed by atoms with E-state index in [1.807, 2.05) is 13.8 Å². The number of nitrogens with two attached hydrogens (primary N) is 1. The number of rotatable bonds is 3. The van der Waals surface area contributed by atoms with Gasteiger partial charge in [0.2, 0.25) is 5.88 Å². The first kappa shape index (κ1) is 13.9. The minimum absolute atomic E-state index is 0.199. The van der Waals surface area contributed by atoms with Crippen LogP contribution in [-0.2, 0) is 7.05 Å². The maximum absolute atomic E-state index is 13.4. The van der Waals surface area contributed by atoms with Crippen molar-refractivity contribution in [2.75, 3.05) is 5.73 Å². The van der Waals surface area contributed by atoms with Crippen molar-refractivity contribution in [3.63, 3.8) is 0 Å². The molecule has 0 aliphatic carbocycles. The molecule has 0 aliphatic rings. The van der Waals surface area contributed by atoms with Crippen molar-refractivity contribution in [2.24, 2.45) is 7.05 Å². The number of benzene rings is 1. The molecule has 0 atom stereocenters. The van der Waals surface area contributed by atoms with Crippen LogP contribution in [0.2, 0.25) is 0 Å². The highest BCUT2D eigenvalue weighted by Crippen LogP contribution is 2.33. The van der Waals surface area contributed by atoms with E-state index in [-0.39, 0.29) is 11.7 Å². The second-order valence-electron chi connectivity index (χ2n) is 4.56. The minimum atomic E-state index is -0.387. The largest absolute Gasteiger partial charge is 0.437 e. The summed E-state index contributed by atoms with van der Waals surface area (Å²) in [5.74, 6) is 0.614. The van der Waals surface area contributed by atoms with E-state index in [1.54, 1.807) is 23.9 Å². The summed E-state index contributed by atoms with van der Waals surface area (Å²) in [7, 11) is 1.74. The van der Waals surface area contributed by atoms with Crippen molar-refractivity contribution < 1.29 is 9.13 Å². The predicted octanol–water partition coefficient (Wildman–Crippen LogP) is 3.82. The molecule has 0 saturated heterocycles. The molecule has 4 nitrogen and oxygen atoms in total. The van der Waals surface area contributed by atoms with Gasteiger partial charge in [-0.05, 0) is 34.0 Å². The molecule has 1 aromatic carbocycles. The molecule has 0 fully saturated rings. The molecule has 0 radical (unpaired) electrons. The van der Waals surface area contributed by atoms with E-state index in [1.165, 1.54) is 6.07 Å². The Morgan fingerprint density at radius 3 is 2.63 bits per heavy atom. The summed E-state index contributed by atoms with van der Waals surface area (Å²) in [6, 6.07) is 4.54. The molecular formula is C13H15BrFN3O. The van der Waals surface area contributed by atoms with Gasteiger partial charge in [0.1, 0.15) is 17.3 Å². The maximum atomic E-state index is 13.4. The Balaban J connectivity index is 2.35. The average molecular weight is 328 g/mol. The summed E-state index contributed by atoms with van der Waals surface area (Å²) in [5.41, 5.74) is 7.27. The second-order valence-corrected chi connectivity index (χ2v) is 5.41. The van der Waals surface area contributed by atoms with Gasteiger partial charge in [0.15, 0.2) is 0 Å². The van der Waals surface area contributed by atoms with E-state index in [9.17, 15) is 4.39 Å². The molecule has 1 aromatic heterocycles. The van der Waals surface area contributed by atoms with Gasteiger partial charge >= 0.3 is 0 Å². The Labute approximate surface area is 119 Å². The molecule has 0 unspecified atom stereocenters. The van der Waals surface area contributed by atoms with Crippen molar-refractivity contribution in [3.05, 3.63) is 34.2 Å². The van der Waals surface area contributed by atoms with Crippen molar-refractivity contribution >= 4 is 21.6 Å². The highest BCUT2D eigenvalue weighted by atomic mass is 79.9. The van der Waals surface area contributed by atoms with Crippen LogP contribution in [0.3, 0.4) is 0 Å². The average Bonchev–Trinajstić information content (AvgIpc) is 2.62. The first-order valence-electron chi connectivity index (χ1n) is 5.85. The monoisotopic (exact) mass is 327 g/mol. The van der Waals surface area contributed by atoms with E-state index in [0.29, 0.717) is 21.8 Å². The Kier molecular flexibility index (Phi) is 3.80. The number of nitrogen functional groups attached to an aromatic ring is 1. The number of hydrogen-bond donors (Lipinski definition) is 1. The fraction of sp³-hybridized carbons (Fsp3) is 0.308. The summed E-state index contributed by atoms with van der Waals surface area (Å²) in [5, 5.41) is 4.31. The number of ether oxygens (including phenoxy) is 1. The van der Waals surface area contributed by atoms with Crippen LogP contribution in [0.15, 0.2) is 22.7 Å². The fourth-order valence-corrected chi connectivity index (χ4v) is 1.99. The number of nitrogens with zero attached hydrogens (tertiary/aromatic N) is 2. The second kappa shape index (κ2) is 5.21. The predicted molar refractivity (Wildman–Crippen MR) is 75.9 cm³/mol. The van der Waals surface area contributed by atoms with Gasteiger partial charge in [-0.3, -0.25) is 0 Å². The molecule has 0 aliphatic heterocycles. The lowest BCUT2D eigenvalue weighted by Crippen LogP contribution is -1.97. The van der Waals surface area contributed by atoms with Crippen LogP contribution in [0.4, 0.5) is 10.1 Å². The van der Waals surface area contributed by atoms with Gasteiger partial charge in [0.05, 0.1) is 10.2 Å². The lowest BCUT2D eigenvalue weighted by Gasteiger charge is -2.07. The van der Waals surface area contributed by atoms with Gasteiger partial charge < -0.3 is 10.5 Å². The van der Waals surface area contributed by atoms with Gasteiger partial charge in [-0.15, -0.1) is 0 Å². The molecule has 0 saturated carbocycles. The maximum Gasteiger partial charge on any atom is 0.241 e. The normalized spacial score (nSPS) is 11.1. The number of halogens is 2. The smallest absolute Gasteiger partial charge is 0.241 e. The quantitative estimate of drug-likeness (QED) is 0.932. The molecule has 6 heteroatoms. The lowest BCUT2D eigenvalue weighted by atomic mass is 10.1. The van der Waals surface area contributed by atoms with Gasteiger partial charge in [0, 0.05) is 13.1 Å². The number of anilines is 1. The zero-order chi connectivity index (χ0) is 14.2. The van der Waals surface area contributed by atoms with Crippen molar-refractivity contribution in [1.29, 1.82) is 0 Å². The van der Waals surface area contributed by atoms with Gasteiger partial charge in [-0.25, -0.2) is 9.07 Å². The van der Waals surface area contributed by atoms with E-state index >= 15 is 0 Å². The zero-order valence-corrected chi connectivity index (χ0v) is 12.5. The Morgan fingerprint density at radius 1 is 1.42 bits per heavy atom. The fourth-order valence-electron chi connectivity index (χ4n) is 1.74. The summed E-state index contributed by atoms with van der Waals surface area (Å²) in [6.07, 6.45) is 0. The Hall–Kier alpha value is -1.56. The van der Waals surface area contributed by atoms with Gasteiger partial charge in [0.25, 0.3) is 0 Å². The third-order valence-electron chi connectivity index (χ3n) is 2.71. The highest BCUT2D eigenvalue weighted by Gasteiger charge is 2.18. The van der Waals surface area contributed by atoms with E-state index in [0.717, 1.165) is 5.69 Å². The number of aryl methyl sites for hydroxylation is 1. The lowest BCUT2D eigenvalue weighted by molar-refractivity contribution is 0.428. The summed E-state index contributed by atoms with van der Waals surface area (Å²) in [4.78, 5) is 0. The summed E-state index contributed by atoms with van der Waals surface area (Å²) < 4.78 is 21.0. The molecule has 2 rings (SSSR count). The molecule has 2 aromatic rings. The topological polar surface area (TPSA) is 53.1 Å². The van der Waals surface area contributed by atoms with Gasteiger partial charge in [-0.1, -0.05) is 13.8 Å². The molecule has 19 heavy (non-hydrogen) atoms. The number of hydrogen-bond acceptors (Lipinski definition) is 3. The van der Waals surface area contributed by atoms with E-state index in [2.05, 4.69) is 21.0 Å². The standard InChI is InChI=1S/C13H15BrFN3O/c1-7(2)12-11(16)13(18(3)17-12)19-8-4-5-9(14)10(15)6-8/h4-7H,16H2,1-3H3. The van der Waals surface area contributed by atoms with Crippen LogP contribution in [0.1, 0.15) is 25.5 Å². The molecule has 0 spiro atoms. The third kappa shape index (κ3) is 2.73. The van der Waals surface area contributed by atoms with Crippen LogP contribution in [0.5, 0.6) is 11.6 Å². The molecule has 102 valence electrons. The van der Waals surface area contributed by atoms with E-state index in [4.69, 9.17) is 10.5 Å². The molecular weight excluding hydrogens is 313 g/mol. The third-order valence-corrected chi connectivity index (χ3v) is 3.35. The first-order valence-corrected chi connectivity index (χ1v) is 6.64. The first-order chi connectivity index (χ1) is 8.90. The van der Waals surface area contributed by atoms with Crippen LogP contribution >= 0.6 is 15.9 Å². The SMILES string of the molecule is CC(C)c1nn(C)c(Oc2ccc(Br)c(F)c2)c1N. The Morgan fingerprint density at radius 2 is 2.11 bits per heavy atom. The molecule has 0 amide bonds. The summed E-state index contributed by atoms with van der Waals surface area (Å²) in [6.45, 7) is 4.00. The highest BCUT2D eigenvalue weighted by molar-refractivity contribution is 9.10. The molecule has 0 bridgehead atoms. The van der Waals surface area contributed by atoms with Crippen LogP contribution in [0, 0.1) is 5.82 Å². The molecule has 2 N–H and O–H groups in total. The molecule has 1 heterocycles. The Bertz CT molecular complexity index is 610. The van der Waals surface area contributed by atoms with Crippen molar-refractivity contribution in [2.45, 2.75) is 19.8 Å². The van der Waals surface area contributed by atoms with Crippen LogP contribution in [0.25, 0.3) is 0 Å². The van der Waals surface area contributed by atoms with Gasteiger partial charge in [-0.2, -0.15) is 5.10 Å². The minimum Gasteiger partial charge on any atom is -0.437 e. The zero-order valence-electron chi connectivity index (χ0n) is 10.9. The van der Waals surface area contributed by atoms with Crippen LogP contribution < -0.4 is 10.5 Å². The number of aromatic nitrogens is 2. The summed E-state index contributed by atoms with van der Waals surface area (Å²) >= 11 is 3.09. The van der Waals surface area contributed by atoms with Crippen molar-refractivity contribution in [1.82, 2.24) is 9.78 Å². The van der Waals surface area contributed by atoms with Crippen molar-refractivity contribution in [3.8, 4) is 11.6 Å².